The lowest BCUT2D eigenvalue weighted by atomic mass is 9.89. The van der Waals surface area contributed by atoms with E-state index in [1.165, 1.54) is 153 Å². The summed E-state index contributed by atoms with van der Waals surface area (Å²) in [4.78, 5) is 0. The molecule has 0 radical (unpaired) electrons. The maximum absolute atomic E-state index is 6.62. The van der Waals surface area contributed by atoms with Crippen LogP contribution in [0.15, 0.2) is 23.7 Å². The molecular formula is C32H58O. The molecule has 2 fully saturated rings. The molecule has 0 amide bonds. The van der Waals surface area contributed by atoms with Crippen LogP contribution in [0.1, 0.15) is 168 Å². The molecule has 33 heavy (non-hydrogen) atoms. The second-order valence-electron chi connectivity index (χ2n) is 11.3. The lowest BCUT2D eigenvalue weighted by Crippen LogP contribution is -2.08. The minimum absolute atomic E-state index is 0.815. The first-order chi connectivity index (χ1) is 16.3. The Kier molecular flexibility index (Phi) is 16.9. The predicted molar refractivity (Wildman–Crippen MR) is 146 cm³/mol. The fourth-order valence-electron chi connectivity index (χ4n) is 6.08. The molecule has 0 aromatic carbocycles. The second kappa shape index (κ2) is 19.6. The molecule has 0 aromatic rings. The van der Waals surface area contributed by atoms with Crippen molar-refractivity contribution in [3.63, 3.8) is 0 Å². The molecular weight excluding hydrogens is 400 g/mol. The molecule has 0 heterocycles. The van der Waals surface area contributed by atoms with E-state index in [-0.39, 0.29) is 0 Å². The number of ether oxygens (including phenoxy) is 1. The first kappa shape index (κ1) is 28.5. The van der Waals surface area contributed by atoms with E-state index in [0.29, 0.717) is 0 Å². The molecule has 1 heteroatoms. The highest BCUT2D eigenvalue weighted by Crippen LogP contribution is 2.31. The van der Waals surface area contributed by atoms with Crippen LogP contribution in [0, 0.1) is 11.8 Å². The molecule has 0 atom stereocenters. The van der Waals surface area contributed by atoms with Crippen molar-refractivity contribution in [1.82, 2.24) is 0 Å². The molecule has 2 saturated carbocycles. The van der Waals surface area contributed by atoms with Gasteiger partial charge in [-0.05, 0) is 37.8 Å². The summed E-state index contributed by atoms with van der Waals surface area (Å²) < 4.78 is 6.62. The zero-order chi connectivity index (χ0) is 23.4. The molecule has 2 aliphatic rings. The maximum atomic E-state index is 6.62. The van der Waals surface area contributed by atoms with Crippen molar-refractivity contribution in [1.29, 1.82) is 0 Å². The Morgan fingerprint density at radius 2 is 0.697 bits per heavy atom. The van der Waals surface area contributed by atoms with Crippen LogP contribution >= 0.6 is 0 Å². The summed E-state index contributed by atoms with van der Waals surface area (Å²) in [6, 6.07) is 0. The van der Waals surface area contributed by atoms with E-state index in [1.54, 1.807) is 0 Å². The van der Waals surface area contributed by atoms with Gasteiger partial charge in [0.2, 0.25) is 0 Å². The molecule has 2 aliphatic carbocycles. The summed E-state index contributed by atoms with van der Waals surface area (Å²) in [5, 5.41) is 0. The SMILES string of the molecule is CC=C(CC1CCCCCCCCCCC1)OC(=CC)CC1CCCCCCCCCCC1. The van der Waals surface area contributed by atoms with Crippen molar-refractivity contribution in [2.24, 2.45) is 11.8 Å². The zero-order valence-corrected chi connectivity index (χ0v) is 22.7. The summed E-state index contributed by atoms with van der Waals surface area (Å²) in [6.45, 7) is 4.38. The molecule has 0 saturated heterocycles. The van der Waals surface area contributed by atoms with Gasteiger partial charge in [0.25, 0.3) is 0 Å². The fourth-order valence-corrected chi connectivity index (χ4v) is 6.08. The molecule has 0 spiro atoms. The van der Waals surface area contributed by atoms with E-state index in [1.807, 2.05) is 0 Å². The molecule has 0 unspecified atom stereocenters. The van der Waals surface area contributed by atoms with Gasteiger partial charge in [-0.2, -0.15) is 0 Å². The van der Waals surface area contributed by atoms with E-state index in [2.05, 4.69) is 26.0 Å². The van der Waals surface area contributed by atoms with Crippen molar-refractivity contribution >= 4 is 0 Å². The molecule has 2 rings (SSSR count). The average molecular weight is 459 g/mol. The summed E-state index contributed by atoms with van der Waals surface area (Å²) in [6.07, 6.45) is 38.4. The van der Waals surface area contributed by atoms with Gasteiger partial charge in [0, 0.05) is 12.8 Å². The monoisotopic (exact) mass is 458 g/mol. The number of hydrogen-bond donors (Lipinski definition) is 0. The van der Waals surface area contributed by atoms with Crippen LogP contribution < -0.4 is 0 Å². The summed E-state index contributed by atoms with van der Waals surface area (Å²) in [7, 11) is 0. The minimum Gasteiger partial charge on any atom is -0.467 e. The summed E-state index contributed by atoms with van der Waals surface area (Å²) in [5.74, 6) is 4.12. The highest BCUT2D eigenvalue weighted by Gasteiger charge is 2.17. The summed E-state index contributed by atoms with van der Waals surface area (Å²) in [5.41, 5.74) is 0. The van der Waals surface area contributed by atoms with Crippen molar-refractivity contribution in [2.45, 2.75) is 168 Å². The number of rotatable bonds is 6. The van der Waals surface area contributed by atoms with Crippen LogP contribution in [0.5, 0.6) is 0 Å². The van der Waals surface area contributed by atoms with Crippen LogP contribution in [0.2, 0.25) is 0 Å². The average Bonchev–Trinajstić information content (AvgIpc) is 2.81. The molecule has 192 valence electrons. The van der Waals surface area contributed by atoms with Crippen LogP contribution in [0.25, 0.3) is 0 Å². The quantitative estimate of drug-likeness (QED) is 0.359. The topological polar surface area (TPSA) is 9.23 Å². The summed E-state index contributed by atoms with van der Waals surface area (Å²) >= 11 is 0. The third-order valence-corrected chi connectivity index (χ3v) is 8.34. The predicted octanol–water partition coefficient (Wildman–Crippen LogP) is 11.4. The van der Waals surface area contributed by atoms with E-state index in [4.69, 9.17) is 4.74 Å². The first-order valence-corrected chi connectivity index (χ1v) is 15.3. The normalized spacial score (nSPS) is 23.6. The number of hydrogen-bond acceptors (Lipinski definition) is 1. The van der Waals surface area contributed by atoms with Crippen LogP contribution in [0.4, 0.5) is 0 Å². The molecule has 0 aromatic heterocycles. The Bertz CT molecular complexity index is 447. The Balaban J connectivity index is 1.84. The van der Waals surface area contributed by atoms with Gasteiger partial charge >= 0.3 is 0 Å². The van der Waals surface area contributed by atoms with Crippen molar-refractivity contribution in [2.75, 3.05) is 0 Å². The fraction of sp³-hybridized carbons (Fsp3) is 0.875. The first-order valence-electron chi connectivity index (χ1n) is 15.3. The van der Waals surface area contributed by atoms with Crippen molar-refractivity contribution in [3.05, 3.63) is 23.7 Å². The van der Waals surface area contributed by atoms with E-state index >= 15 is 0 Å². The smallest absolute Gasteiger partial charge is 0.0996 e. The number of allylic oxidation sites excluding steroid dienone is 4. The zero-order valence-electron chi connectivity index (χ0n) is 22.7. The van der Waals surface area contributed by atoms with E-state index in [9.17, 15) is 0 Å². The molecule has 1 nitrogen and oxygen atoms in total. The Morgan fingerprint density at radius 1 is 0.455 bits per heavy atom. The molecule has 0 N–H and O–H groups in total. The van der Waals surface area contributed by atoms with Gasteiger partial charge in [-0.1, -0.05) is 141 Å². The van der Waals surface area contributed by atoms with Gasteiger partial charge < -0.3 is 4.74 Å². The van der Waals surface area contributed by atoms with Gasteiger partial charge in [-0.3, -0.25) is 0 Å². The Morgan fingerprint density at radius 3 is 0.939 bits per heavy atom. The van der Waals surface area contributed by atoms with Gasteiger partial charge in [0.15, 0.2) is 0 Å². The maximum Gasteiger partial charge on any atom is 0.0996 e. The molecule has 0 bridgehead atoms. The highest BCUT2D eigenvalue weighted by molar-refractivity contribution is 5.02. The van der Waals surface area contributed by atoms with Gasteiger partial charge in [-0.25, -0.2) is 0 Å². The largest absolute Gasteiger partial charge is 0.467 e. The van der Waals surface area contributed by atoms with Gasteiger partial charge in [-0.15, -0.1) is 0 Å². The van der Waals surface area contributed by atoms with Gasteiger partial charge in [0.05, 0.1) is 11.5 Å². The van der Waals surface area contributed by atoms with E-state index in [0.717, 1.165) is 24.7 Å². The van der Waals surface area contributed by atoms with Crippen molar-refractivity contribution < 1.29 is 4.74 Å². The van der Waals surface area contributed by atoms with Crippen LogP contribution in [-0.2, 0) is 4.74 Å². The lowest BCUT2D eigenvalue weighted by molar-refractivity contribution is 0.229. The van der Waals surface area contributed by atoms with Crippen LogP contribution in [0.3, 0.4) is 0 Å². The Hall–Kier alpha value is -0.720. The lowest BCUT2D eigenvalue weighted by Gasteiger charge is -2.23. The Labute approximate surface area is 208 Å². The second-order valence-corrected chi connectivity index (χ2v) is 11.3. The van der Waals surface area contributed by atoms with Gasteiger partial charge in [0.1, 0.15) is 0 Å². The van der Waals surface area contributed by atoms with Crippen LogP contribution in [-0.4, -0.2) is 0 Å². The van der Waals surface area contributed by atoms with E-state index < -0.39 is 0 Å². The standard InChI is InChI=1S/C32H58O/c1-3-31(27-29-23-19-15-11-7-5-8-12-16-20-24-29)33-32(4-2)28-30-25-21-17-13-9-6-10-14-18-22-26-30/h3-4,29-30H,5-28H2,1-2H3. The van der Waals surface area contributed by atoms with Crippen molar-refractivity contribution in [3.8, 4) is 0 Å². The molecule has 0 aliphatic heterocycles. The third-order valence-electron chi connectivity index (χ3n) is 8.34. The minimum atomic E-state index is 0.815. The highest BCUT2D eigenvalue weighted by atomic mass is 16.5. The third kappa shape index (κ3) is 14.3.